The van der Waals surface area contributed by atoms with Gasteiger partial charge in [-0.25, -0.2) is 0 Å². The number of nitrogens with zero attached hydrogens (tertiary/aromatic N) is 2. The van der Waals surface area contributed by atoms with Gasteiger partial charge in [-0.2, -0.15) is 13.7 Å². The summed E-state index contributed by atoms with van der Waals surface area (Å²) in [5.41, 5.74) is 0.275. The van der Waals surface area contributed by atoms with Crippen molar-refractivity contribution >= 4 is 27.6 Å². The van der Waals surface area contributed by atoms with Gasteiger partial charge in [0.1, 0.15) is 11.8 Å². The molecule has 0 bridgehead atoms. The third-order valence-corrected chi connectivity index (χ3v) is 3.15. The molecule has 1 rings (SSSR count). The van der Waals surface area contributed by atoms with E-state index in [-0.39, 0.29) is 5.71 Å². The van der Waals surface area contributed by atoms with Crippen LogP contribution in [0.2, 0.25) is 0 Å². The second-order valence-electron chi connectivity index (χ2n) is 3.40. The predicted molar refractivity (Wildman–Crippen MR) is 72.9 cm³/mol. The lowest BCUT2D eigenvalue weighted by molar-refractivity contribution is 0.344. The Morgan fingerprint density at radius 2 is 2.16 bits per heavy atom. The first-order valence-electron chi connectivity index (χ1n) is 5.00. The van der Waals surface area contributed by atoms with Gasteiger partial charge in [-0.05, 0) is 18.4 Å². The van der Waals surface area contributed by atoms with Crippen molar-refractivity contribution in [1.82, 2.24) is 0 Å². The molecule has 1 aromatic rings. The van der Waals surface area contributed by atoms with Crippen molar-refractivity contribution < 1.29 is 17.4 Å². The van der Waals surface area contributed by atoms with Crippen LogP contribution in [0.4, 0.5) is 0 Å². The van der Waals surface area contributed by atoms with Gasteiger partial charge in [-0.1, -0.05) is 11.2 Å². The van der Waals surface area contributed by atoms with Crippen LogP contribution in [-0.4, -0.2) is 33.8 Å². The Morgan fingerprint density at radius 1 is 1.47 bits per heavy atom. The highest BCUT2D eigenvalue weighted by molar-refractivity contribution is 7.98. The maximum absolute atomic E-state index is 10.8. The van der Waals surface area contributed by atoms with Crippen LogP contribution in [0.3, 0.4) is 0 Å². The van der Waals surface area contributed by atoms with Crippen molar-refractivity contribution in [3.8, 4) is 11.8 Å². The molecule has 102 valence electrons. The molecule has 8 heteroatoms. The molecule has 0 atom stereocenters. The smallest absolute Gasteiger partial charge is 0.325 e. The van der Waals surface area contributed by atoms with Gasteiger partial charge in [-0.3, -0.25) is 4.28 Å². The summed E-state index contributed by atoms with van der Waals surface area (Å²) in [5.74, 6) is 0.576. The van der Waals surface area contributed by atoms with Gasteiger partial charge < -0.3 is 4.74 Å². The Labute approximate surface area is 116 Å². The zero-order valence-electron chi connectivity index (χ0n) is 10.6. The Morgan fingerprint density at radius 3 is 2.63 bits per heavy atom. The standard InChI is InChI=1S/C11H12N2O4S2/c1-16-10-6-8(4-5-11(10)18-2)9(7-12)13-17-19(3,14)15/h4-6H,1-3H3. The minimum atomic E-state index is -3.74. The van der Waals surface area contributed by atoms with E-state index in [1.165, 1.54) is 18.9 Å². The Bertz CT molecular complexity index is 633. The van der Waals surface area contributed by atoms with E-state index < -0.39 is 10.1 Å². The normalized spacial score (nSPS) is 11.8. The molecule has 0 aliphatic heterocycles. The molecule has 0 aliphatic rings. The van der Waals surface area contributed by atoms with Crippen LogP contribution in [0.25, 0.3) is 0 Å². The van der Waals surface area contributed by atoms with E-state index in [1.54, 1.807) is 24.3 Å². The van der Waals surface area contributed by atoms with E-state index in [0.29, 0.717) is 11.3 Å². The summed E-state index contributed by atoms with van der Waals surface area (Å²) in [4.78, 5) is 0.896. The van der Waals surface area contributed by atoms with Crippen LogP contribution in [0, 0.1) is 11.3 Å². The molecular weight excluding hydrogens is 288 g/mol. The summed E-state index contributed by atoms with van der Waals surface area (Å²) in [6.07, 6.45) is 2.74. The van der Waals surface area contributed by atoms with Crippen LogP contribution in [0.15, 0.2) is 28.3 Å². The maximum atomic E-state index is 10.8. The third kappa shape index (κ3) is 4.46. The predicted octanol–water partition coefficient (Wildman–Crippen LogP) is 1.62. The van der Waals surface area contributed by atoms with E-state index in [2.05, 4.69) is 9.44 Å². The van der Waals surface area contributed by atoms with Crippen molar-refractivity contribution in [2.75, 3.05) is 19.6 Å². The highest BCUT2D eigenvalue weighted by Gasteiger charge is 2.10. The lowest BCUT2D eigenvalue weighted by Gasteiger charge is -2.07. The number of hydrogen-bond acceptors (Lipinski definition) is 7. The highest BCUT2D eigenvalue weighted by Crippen LogP contribution is 2.28. The van der Waals surface area contributed by atoms with Gasteiger partial charge in [0.2, 0.25) is 0 Å². The molecule has 0 unspecified atom stereocenters. The van der Waals surface area contributed by atoms with Crippen LogP contribution in [0.5, 0.6) is 5.75 Å². The fourth-order valence-corrected chi connectivity index (χ4v) is 1.98. The minimum Gasteiger partial charge on any atom is -0.496 e. The van der Waals surface area contributed by atoms with E-state index >= 15 is 0 Å². The maximum Gasteiger partial charge on any atom is 0.325 e. The van der Waals surface area contributed by atoms with Crippen LogP contribution in [-0.2, 0) is 14.4 Å². The fourth-order valence-electron chi connectivity index (χ4n) is 1.23. The van der Waals surface area contributed by atoms with Gasteiger partial charge in [0.05, 0.1) is 13.4 Å². The third-order valence-electron chi connectivity index (χ3n) is 2.03. The summed E-state index contributed by atoms with van der Waals surface area (Å²) in [7, 11) is -2.23. The first-order chi connectivity index (χ1) is 8.91. The van der Waals surface area contributed by atoms with Crippen molar-refractivity contribution in [3.63, 3.8) is 0 Å². The lowest BCUT2D eigenvalue weighted by Crippen LogP contribution is -2.03. The Balaban J connectivity index is 3.17. The van der Waals surface area contributed by atoms with Crippen molar-refractivity contribution in [1.29, 1.82) is 5.26 Å². The summed E-state index contributed by atoms with van der Waals surface area (Å²) in [6, 6.07) is 6.77. The molecule has 0 spiro atoms. The number of methoxy groups -OCH3 is 1. The molecule has 0 N–H and O–H groups in total. The fraction of sp³-hybridized carbons (Fsp3) is 0.273. The molecule has 1 aromatic carbocycles. The van der Waals surface area contributed by atoms with Gasteiger partial charge in [0.25, 0.3) is 0 Å². The zero-order valence-corrected chi connectivity index (χ0v) is 12.2. The zero-order chi connectivity index (χ0) is 14.5. The number of thioether (sulfide) groups is 1. The second-order valence-corrected chi connectivity index (χ2v) is 5.81. The molecule has 0 aromatic heterocycles. The second kappa shape index (κ2) is 6.45. The van der Waals surface area contributed by atoms with Gasteiger partial charge in [0, 0.05) is 10.5 Å². The largest absolute Gasteiger partial charge is 0.496 e. The average molecular weight is 300 g/mol. The molecule has 0 aliphatic carbocycles. The summed E-state index contributed by atoms with van der Waals surface area (Å²) in [6.45, 7) is 0. The van der Waals surface area contributed by atoms with Gasteiger partial charge in [0.15, 0.2) is 5.71 Å². The highest BCUT2D eigenvalue weighted by atomic mass is 32.2. The average Bonchev–Trinajstić information content (AvgIpc) is 2.37. The molecule has 0 saturated heterocycles. The number of rotatable bonds is 5. The van der Waals surface area contributed by atoms with Gasteiger partial charge >= 0.3 is 10.1 Å². The molecular formula is C11H12N2O4S2. The van der Waals surface area contributed by atoms with Crippen molar-refractivity contribution in [2.24, 2.45) is 5.16 Å². The molecule has 6 nitrogen and oxygen atoms in total. The Kier molecular flexibility index (Phi) is 5.20. The number of nitriles is 1. The van der Waals surface area contributed by atoms with E-state index in [0.717, 1.165) is 11.2 Å². The molecule has 0 fully saturated rings. The monoisotopic (exact) mass is 300 g/mol. The quantitative estimate of drug-likeness (QED) is 0.466. The van der Waals surface area contributed by atoms with Crippen LogP contribution < -0.4 is 4.74 Å². The van der Waals surface area contributed by atoms with E-state index in [1.807, 2.05) is 6.26 Å². The van der Waals surface area contributed by atoms with E-state index in [9.17, 15) is 8.42 Å². The molecule has 0 amide bonds. The molecule has 19 heavy (non-hydrogen) atoms. The first-order valence-corrected chi connectivity index (χ1v) is 8.04. The number of benzene rings is 1. The number of oxime groups is 1. The summed E-state index contributed by atoms with van der Waals surface area (Å²) in [5, 5.41) is 12.3. The number of hydrogen-bond donors (Lipinski definition) is 0. The van der Waals surface area contributed by atoms with Crippen LogP contribution >= 0.6 is 11.8 Å². The molecule has 0 saturated carbocycles. The topological polar surface area (TPSA) is 88.8 Å². The van der Waals surface area contributed by atoms with Crippen molar-refractivity contribution in [3.05, 3.63) is 23.8 Å². The van der Waals surface area contributed by atoms with Gasteiger partial charge in [-0.15, -0.1) is 11.8 Å². The Hall–Kier alpha value is -1.72. The minimum absolute atomic E-state index is 0.142. The van der Waals surface area contributed by atoms with E-state index in [4.69, 9.17) is 10.00 Å². The molecule has 0 radical (unpaired) electrons. The molecule has 0 heterocycles. The number of ether oxygens (including phenoxy) is 1. The first kappa shape index (κ1) is 15.3. The summed E-state index contributed by atoms with van der Waals surface area (Å²) < 4.78 is 31.1. The van der Waals surface area contributed by atoms with Crippen molar-refractivity contribution in [2.45, 2.75) is 4.90 Å². The van der Waals surface area contributed by atoms with Crippen LogP contribution in [0.1, 0.15) is 5.56 Å². The summed E-state index contributed by atoms with van der Waals surface area (Å²) >= 11 is 1.49. The SMILES string of the molecule is COc1cc(C(C#N)=NOS(C)(=O)=O)ccc1SC. The lowest BCUT2D eigenvalue weighted by atomic mass is 10.1.